The monoisotopic (exact) mass is 226 g/mol. The summed E-state index contributed by atoms with van der Waals surface area (Å²) in [4.78, 5) is 14.6. The van der Waals surface area contributed by atoms with E-state index in [9.17, 15) is 4.79 Å². The van der Waals surface area contributed by atoms with Crippen LogP contribution in [0.5, 0.6) is 0 Å². The van der Waals surface area contributed by atoms with Gasteiger partial charge in [-0.1, -0.05) is 11.6 Å². The van der Waals surface area contributed by atoms with E-state index in [-0.39, 0.29) is 5.56 Å². The van der Waals surface area contributed by atoms with Crippen LogP contribution in [0, 0.1) is 5.92 Å². The maximum atomic E-state index is 10.6. The van der Waals surface area contributed by atoms with Crippen LogP contribution in [0.2, 0.25) is 5.02 Å². The Hall–Kier alpha value is -1.29. The van der Waals surface area contributed by atoms with Crippen LogP contribution in [0.15, 0.2) is 12.3 Å². The summed E-state index contributed by atoms with van der Waals surface area (Å²) in [5.74, 6) is 0.272. The Kier molecular flexibility index (Phi) is 2.77. The van der Waals surface area contributed by atoms with Crippen molar-refractivity contribution in [1.29, 1.82) is 0 Å². The highest BCUT2D eigenvalue weighted by atomic mass is 35.5. The number of carboxylic acids is 1. The maximum Gasteiger partial charge on any atom is 0.337 e. The first-order valence-corrected chi connectivity index (χ1v) is 5.17. The summed E-state index contributed by atoms with van der Waals surface area (Å²) in [5, 5.41) is 12.2. The van der Waals surface area contributed by atoms with Crippen molar-refractivity contribution >= 4 is 23.4 Å². The number of pyridine rings is 1. The van der Waals surface area contributed by atoms with Crippen molar-refractivity contribution in [3.8, 4) is 0 Å². The third-order valence-electron chi connectivity index (χ3n) is 2.34. The molecule has 2 N–H and O–H groups in total. The van der Waals surface area contributed by atoms with Crippen molar-refractivity contribution in [3.05, 3.63) is 22.8 Å². The lowest BCUT2D eigenvalue weighted by Crippen LogP contribution is -2.06. The first kappa shape index (κ1) is 10.2. The van der Waals surface area contributed by atoms with Crippen LogP contribution in [0.25, 0.3) is 0 Å². The van der Waals surface area contributed by atoms with Gasteiger partial charge in [-0.15, -0.1) is 0 Å². The molecule has 0 unspecified atom stereocenters. The highest BCUT2D eigenvalue weighted by Crippen LogP contribution is 2.29. The van der Waals surface area contributed by atoms with E-state index in [1.165, 1.54) is 25.1 Å². The summed E-state index contributed by atoms with van der Waals surface area (Å²) < 4.78 is 0. The average molecular weight is 227 g/mol. The van der Waals surface area contributed by atoms with Gasteiger partial charge in [0.15, 0.2) is 0 Å². The second-order valence-corrected chi connectivity index (χ2v) is 4.09. The number of hydrogen-bond donors (Lipinski definition) is 2. The molecule has 0 radical (unpaired) electrons. The van der Waals surface area contributed by atoms with Crippen LogP contribution in [0.1, 0.15) is 23.2 Å². The molecule has 0 amide bonds. The molecule has 0 aliphatic heterocycles. The SMILES string of the molecule is O=C(O)c1cnc(NCC2CC2)c(Cl)c1. The van der Waals surface area contributed by atoms with E-state index in [1.54, 1.807) is 0 Å². The van der Waals surface area contributed by atoms with Gasteiger partial charge in [-0.2, -0.15) is 0 Å². The minimum absolute atomic E-state index is 0.108. The van der Waals surface area contributed by atoms with Gasteiger partial charge in [0.1, 0.15) is 5.82 Å². The zero-order valence-electron chi connectivity index (χ0n) is 8.03. The Morgan fingerprint density at radius 3 is 2.93 bits per heavy atom. The topological polar surface area (TPSA) is 62.2 Å². The number of halogens is 1. The summed E-state index contributed by atoms with van der Waals surface area (Å²) in [6.45, 7) is 0.860. The Bertz CT molecular complexity index is 391. The number of aromatic nitrogens is 1. The molecular formula is C10H11ClN2O2. The van der Waals surface area contributed by atoms with Crippen molar-refractivity contribution in [2.24, 2.45) is 5.92 Å². The smallest absolute Gasteiger partial charge is 0.337 e. The van der Waals surface area contributed by atoms with Crippen molar-refractivity contribution in [2.75, 3.05) is 11.9 Å². The summed E-state index contributed by atoms with van der Waals surface area (Å²) in [7, 11) is 0. The number of carboxylic acid groups (broad SMARTS) is 1. The summed E-state index contributed by atoms with van der Waals surface area (Å²) in [6, 6.07) is 1.41. The predicted octanol–water partition coefficient (Wildman–Crippen LogP) is 2.26. The third kappa shape index (κ3) is 2.59. The number of rotatable bonds is 4. The van der Waals surface area contributed by atoms with Crippen molar-refractivity contribution < 1.29 is 9.90 Å². The van der Waals surface area contributed by atoms with E-state index in [1.807, 2.05) is 0 Å². The molecule has 1 aliphatic carbocycles. The number of hydrogen-bond acceptors (Lipinski definition) is 3. The predicted molar refractivity (Wildman–Crippen MR) is 57.4 cm³/mol. The van der Waals surface area contributed by atoms with Gasteiger partial charge in [0, 0.05) is 12.7 Å². The summed E-state index contributed by atoms with van der Waals surface area (Å²) in [5.41, 5.74) is 0.108. The largest absolute Gasteiger partial charge is 0.478 e. The van der Waals surface area contributed by atoms with Gasteiger partial charge in [-0.05, 0) is 24.8 Å². The molecular weight excluding hydrogens is 216 g/mol. The quantitative estimate of drug-likeness (QED) is 0.827. The number of anilines is 1. The van der Waals surface area contributed by atoms with E-state index >= 15 is 0 Å². The van der Waals surface area contributed by atoms with Crippen LogP contribution in [0.3, 0.4) is 0 Å². The molecule has 1 fully saturated rings. The lowest BCUT2D eigenvalue weighted by Gasteiger charge is -2.06. The zero-order chi connectivity index (χ0) is 10.8. The van der Waals surface area contributed by atoms with E-state index in [0.29, 0.717) is 10.8 Å². The van der Waals surface area contributed by atoms with Crippen molar-refractivity contribution in [2.45, 2.75) is 12.8 Å². The summed E-state index contributed by atoms with van der Waals surface area (Å²) >= 11 is 5.89. The van der Waals surface area contributed by atoms with Crippen LogP contribution >= 0.6 is 11.6 Å². The fraction of sp³-hybridized carbons (Fsp3) is 0.400. The molecule has 1 aliphatic rings. The average Bonchev–Trinajstić information content (AvgIpc) is 2.99. The second kappa shape index (κ2) is 4.06. The Labute approximate surface area is 92.3 Å². The molecule has 80 valence electrons. The molecule has 15 heavy (non-hydrogen) atoms. The van der Waals surface area contributed by atoms with Crippen molar-refractivity contribution in [1.82, 2.24) is 4.98 Å². The first-order valence-electron chi connectivity index (χ1n) is 4.79. The lowest BCUT2D eigenvalue weighted by atomic mass is 10.3. The van der Waals surface area contributed by atoms with Crippen LogP contribution in [-0.2, 0) is 0 Å². The van der Waals surface area contributed by atoms with Crippen molar-refractivity contribution in [3.63, 3.8) is 0 Å². The molecule has 0 atom stereocenters. The Balaban J connectivity index is 2.07. The molecule has 4 nitrogen and oxygen atoms in total. The molecule has 1 aromatic heterocycles. The van der Waals surface area contributed by atoms with Gasteiger partial charge in [0.2, 0.25) is 0 Å². The van der Waals surface area contributed by atoms with Gasteiger partial charge < -0.3 is 10.4 Å². The lowest BCUT2D eigenvalue weighted by molar-refractivity contribution is 0.0696. The van der Waals surface area contributed by atoms with Crippen LogP contribution in [0.4, 0.5) is 5.82 Å². The molecule has 0 aromatic carbocycles. The van der Waals surface area contributed by atoms with E-state index in [4.69, 9.17) is 16.7 Å². The fourth-order valence-electron chi connectivity index (χ4n) is 1.25. The summed E-state index contributed by atoms with van der Waals surface area (Å²) in [6.07, 6.45) is 3.80. The zero-order valence-corrected chi connectivity index (χ0v) is 8.79. The number of nitrogens with one attached hydrogen (secondary N) is 1. The van der Waals surface area contributed by atoms with Gasteiger partial charge in [0.05, 0.1) is 10.6 Å². The van der Waals surface area contributed by atoms with Crippen LogP contribution < -0.4 is 5.32 Å². The highest BCUT2D eigenvalue weighted by molar-refractivity contribution is 6.33. The molecule has 2 rings (SSSR count). The third-order valence-corrected chi connectivity index (χ3v) is 2.63. The molecule has 1 aromatic rings. The number of carbonyl (C=O) groups is 1. The first-order chi connectivity index (χ1) is 7.16. The minimum atomic E-state index is -1.02. The molecule has 0 saturated heterocycles. The maximum absolute atomic E-state index is 10.6. The van der Waals surface area contributed by atoms with Gasteiger partial charge in [-0.3, -0.25) is 0 Å². The van der Waals surface area contributed by atoms with Gasteiger partial charge in [0.25, 0.3) is 0 Å². The molecule has 1 saturated carbocycles. The number of nitrogens with zero attached hydrogens (tertiary/aromatic N) is 1. The normalized spacial score (nSPS) is 15.0. The van der Waals surface area contributed by atoms with Crippen LogP contribution in [-0.4, -0.2) is 22.6 Å². The molecule has 1 heterocycles. The molecule has 5 heteroatoms. The minimum Gasteiger partial charge on any atom is -0.478 e. The Morgan fingerprint density at radius 2 is 2.40 bits per heavy atom. The second-order valence-electron chi connectivity index (χ2n) is 3.68. The molecule has 0 spiro atoms. The van der Waals surface area contributed by atoms with Gasteiger partial charge >= 0.3 is 5.97 Å². The van der Waals surface area contributed by atoms with E-state index in [2.05, 4.69) is 10.3 Å². The fourth-order valence-corrected chi connectivity index (χ4v) is 1.48. The standard InChI is InChI=1S/C10H11ClN2O2/c11-8-3-7(10(14)15)5-13-9(8)12-4-6-1-2-6/h3,5-6H,1-2,4H2,(H,12,13)(H,14,15). The van der Waals surface area contributed by atoms with E-state index < -0.39 is 5.97 Å². The van der Waals surface area contributed by atoms with E-state index in [0.717, 1.165) is 12.5 Å². The number of aromatic carboxylic acids is 1. The molecule has 0 bridgehead atoms. The Morgan fingerprint density at radius 1 is 1.67 bits per heavy atom. The van der Waals surface area contributed by atoms with Gasteiger partial charge in [-0.25, -0.2) is 9.78 Å². The highest BCUT2D eigenvalue weighted by Gasteiger charge is 2.21.